The Balaban J connectivity index is 1.66. The van der Waals surface area contributed by atoms with E-state index < -0.39 is 0 Å². The van der Waals surface area contributed by atoms with Crippen LogP contribution in [0.3, 0.4) is 0 Å². The molecule has 2 fully saturated rings. The van der Waals surface area contributed by atoms with E-state index in [1.54, 1.807) is 0 Å². The molecule has 0 amide bonds. The van der Waals surface area contributed by atoms with Crippen molar-refractivity contribution in [3.8, 4) is 0 Å². The van der Waals surface area contributed by atoms with Crippen LogP contribution in [-0.2, 0) is 6.54 Å². The first-order valence-electron chi connectivity index (χ1n) is 8.25. The van der Waals surface area contributed by atoms with Gasteiger partial charge in [0.25, 0.3) is 0 Å². The fraction of sp³-hybridized carbons (Fsp3) is 0.556. The molecule has 3 atom stereocenters. The lowest BCUT2D eigenvalue weighted by molar-refractivity contribution is 0.299. The molecule has 2 aliphatic rings. The summed E-state index contributed by atoms with van der Waals surface area (Å²) >= 11 is 1.89. The monoisotopic (exact) mass is 300 g/mol. The summed E-state index contributed by atoms with van der Waals surface area (Å²) in [5.74, 6) is 4.00. The van der Waals surface area contributed by atoms with Gasteiger partial charge in [-0.15, -0.1) is 11.8 Å². The van der Waals surface area contributed by atoms with Gasteiger partial charge in [-0.25, -0.2) is 0 Å². The molecule has 1 aromatic heterocycles. The highest BCUT2D eigenvalue weighted by Crippen LogP contribution is 2.49. The Morgan fingerprint density at radius 2 is 2.19 bits per heavy atom. The van der Waals surface area contributed by atoms with E-state index in [1.165, 1.54) is 48.0 Å². The molecular formula is C18H24N2S. The van der Waals surface area contributed by atoms with Crippen LogP contribution in [0.15, 0.2) is 29.3 Å². The van der Waals surface area contributed by atoms with Gasteiger partial charge in [-0.3, -0.25) is 0 Å². The van der Waals surface area contributed by atoms with E-state index in [2.05, 4.69) is 35.9 Å². The van der Waals surface area contributed by atoms with E-state index in [0.29, 0.717) is 0 Å². The van der Waals surface area contributed by atoms with E-state index in [4.69, 9.17) is 5.73 Å². The van der Waals surface area contributed by atoms with Crippen LogP contribution in [0, 0.1) is 17.8 Å². The molecule has 2 nitrogen and oxygen atoms in total. The van der Waals surface area contributed by atoms with Crippen LogP contribution in [0.5, 0.6) is 0 Å². The molecule has 2 N–H and O–H groups in total. The Morgan fingerprint density at radius 3 is 2.90 bits per heavy atom. The van der Waals surface area contributed by atoms with Gasteiger partial charge in [-0.1, -0.05) is 13.3 Å². The van der Waals surface area contributed by atoms with Crippen LogP contribution < -0.4 is 5.73 Å². The Bertz CT molecular complexity index is 661. The molecule has 1 aromatic carbocycles. The molecule has 0 saturated heterocycles. The lowest BCUT2D eigenvalue weighted by Gasteiger charge is -2.22. The Kier molecular flexibility index (Phi) is 3.41. The third kappa shape index (κ3) is 2.36. The maximum absolute atomic E-state index is 6.13. The Morgan fingerprint density at radius 1 is 1.29 bits per heavy atom. The van der Waals surface area contributed by atoms with Crippen LogP contribution in [0.1, 0.15) is 32.6 Å². The quantitative estimate of drug-likeness (QED) is 0.651. The second-order valence-electron chi connectivity index (χ2n) is 6.79. The molecule has 2 saturated carbocycles. The smallest absolute Gasteiger partial charge is 0.0512 e. The van der Waals surface area contributed by atoms with Crippen LogP contribution in [-0.4, -0.2) is 10.3 Å². The summed E-state index contributed by atoms with van der Waals surface area (Å²) in [7, 11) is 0. The van der Waals surface area contributed by atoms with Gasteiger partial charge in [0.2, 0.25) is 0 Å². The second kappa shape index (κ2) is 5.28. The average Bonchev–Trinajstić information content (AvgIpc) is 3.15. The number of thioether (sulfide) groups is 1. The van der Waals surface area contributed by atoms with Crippen LogP contribution in [0.2, 0.25) is 0 Å². The number of fused-ring (bicyclic) bond motifs is 3. The SMILES string of the molecule is CCSc1cc(N)cc2c1ccn2CC1CC2CCC1C2. The average molecular weight is 300 g/mol. The number of benzene rings is 1. The summed E-state index contributed by atoms with van der Waals surface area (Å²) in [6.07, 6.45) is 8.16. The Labute approximate surface area is 131 Å². The number of nitrogens with two attached hydrogens (primary N) is 1. The molecule has 4 rings (SSSR count). The minimum Gasteiger partial charge on any atom is -0.399 e. The molecule has 0 radical (unpaired) electrons. The lowest BCUT2D eigenvalue weighted by Crippen LogP contribution is -2.16. The zero-order chi connectivity index (χ0) is 14.4. The minimum atomic E-state index is 0.892. The lowest BCUT2D eigenvalue weighted by atomic mass is 9.89. The summed E-state index contributed by atoms with van der Waals surface area (Å²) in [5.41, 5.74) is 8.35. The molecular weight excluding hydrogens is 276 g/mol. The predicted molar refractivity (Wildman–Crippen MR) is 91.7 cm³/mol. The standard InChI is InChI=1S/C18H24N2S/c1-2-21-18-10-15(19)9-17-16(18)5-6-20(17)11-14-8-12-3-4-13(14)7-12/h5-6,9-10,12-14H,2-4,7-8,11,19H2,1H3. The first kappa shape index (κ1) is 13.6. The normalized spacial score (nSPS) is 27.8. The van der Waals surface area contributed by atoms with E-state index >= 15 is 0 Å². The number of anilines is 1. The highest BCUT2D eigenvalue weighted by Gasteiger charge is 2.39. The topological polar surface area (TPSA) is 30.9 Å². The van der Waals surface area contributed by atoms with Gasteiger partial charge in [0.1, 0.15) is 0 Å². The molecule has 3 heteroatoms. The van der Waals surface area contributed by atoms with Crippen molar-refractivity contribution in [1.29, 1.82) is 0 Å². The maximum Gasteiger partial charge on any atom is 0.0512 e. The number of hydrogen-bond donors (Lipinski definition) is 1. The summed E-state index contributed by atoms with van der Waals surface area (Å²) < 4.78 is 2.46. The van der Waals surface area contributed by atoms with E-state index in [9.17, 15) is 0 Å². The van der Waals surface area contributed by atoms with Gasteiger partial charge in [-0.2, -0.15) is 0 Å². The van der Waals surface area contributed by atoms with Crippen molar-refractivity contribution in [2.75, 3.05) is 11.5 Å². The minimum absolute atomic E-state index is 0.892. The van der Waals surface area contributed by atoms with Gasteiger partial charge in [0.15, 0.2) is 0 Å². The molecule has 21 heavy (non-hydrogen) atoms. The first-order valence-corrected chi connectivity index (χ1v) is 9.24. The van der Waals surface area contributed by atoms with Crippen molar-refractivity contribution < 1.29 is 0 Å². The summed E-state index contributed by atoms with van der Waals surface area (Å²) in [6, 6.07) is 6.56. The van der Waals surface area contributed by atoms with Gasteiger partial charge in [0.05, 0.1) is 5.52 Å². The third-order valence-electron chi connectivity index (χ3n) is 5.49. The van der Waals surface area contributed by atoms with Gasteiger partial charge >= 0.3 is 0 Å². The van der Waals surface area contributed by atoms with Crippen LogP contribution >= 0.6 is 11.8 Å². The van der Waals surface area contributed by atoms with Crippen molar-refractivity contribution in [1.82, 2.24) is 4.57 Å². The number of nitrogen functional groups attached to an aromatic ring is 1. The summed E-state index contributed by atoms with van der Waals surface area (Å²) in [6.45, 7) is 3.39. The van der Waals surface area contributed by atoms with Crippen LogP contribution in [0.4, 0.5) is 5.69 Å². The van der Waals surface area contributed by atoms with Gasteiger partial charge in [0, 0.05) is 28.7 Å². The molecule has 2 aromatic rings. The molecule has 112 valence electrons. The maximum atomic E-state index is 6.13. The number of hydrogen-bond acceptors (Lipinski definition) is 2. The third-order valence-corrected chi connectivity index (χ3v) is 6.43. The predicted octanol–water partition coefficient (Wildman–Crippen LogP) is 4.77. The van der Waals surface area contributed by atoms with Crippen LogP contribution in [0.25, 0.3) is 10.9 Å². The highest BCUT2D eigenvalue weighted by atomic mass is 32.2. The van der Waals surface area contributed by atoms with Crippen molar-refractivity contribution in [3.05, 3.63) is 24.4 Å². The molecule has 1 heterocycles. The van der Waals surface area contributed by atoms with Crippen molar-refractivity contribution >= 4 is 28.4 Å². The zero-order valence-corrected chi connectivity index (χ0v) is 13.5. The van der Waals surface area contributed by atoms with E-state index in [-0.39, 0.29) is 0 Å². The molecule has 2 aliphatic carbocycles. The van der Waals surface area contributed by atoms with Gasteiger partial charge in [-0.05, 0) is 61.0 Å². The number of nitrogens with zero attached hydrogens (tertiary/aromatic N) is 1. The molecule has 2 bridgehead atoms. The van der Waals surface area contributed by atoms with E-state index in [0.717, 1.165) is 29.2 Å². The molecule has 0 aliphatic heterocycles. The number of rotatable bonds is 4. The van der Waals surface area contributed by atoms with Gasteiger partial charge < -0.3 is 10.3 Å². The summed E-state index contributed by atoms with van der Waals surface area (Å²) in [4.78, 5) is 1.33. The fourth-order valence-corrected chi connectivity index (χ4v) is 5.43. The van der Waals surface area contributed by atoms with Crippen molar-refractivity contribution in [2.24, 2.45) is 17.8 Å². The largest absolute Gasteiger partial charge is 0.399 e. The second-order valence-corrected chi connectivity index (χ2v) is 8.09. The van der Waals surface area contributed by atoms with E-state index in [1.807, 2.05) is 11.8 Å². The molecule has 3 unspecified atom stereocenters. The highest BCUT2D eigenvalue weighted by molar-refractivity contribution is 7.99. The summed E-state index contributed by atoms with van der Waals surface area (Å²) in [5, 5.41) is 1.37. The first-order chi connectivity index (χ1) is 10.2. The van der Waals surface area contributed by atoms with Crippen molar-refractivity contribution in [2.45, 2.75) is 44.0 Å². The Hall–Kier alpha value is -1.09. The fourth-order valence-electron chi connectivity index (χ4n) is 4.57. The van der Waals surface area contributed by atoms with Crippen molar-refractivity contribution in [3.63, 3.8) is 0 Å². The molecule has 0 spiro atoms. The zero-order valence-electron chi connectivity index (χ0n) is 12.7. The number of aromatic nitrogens is 1.